The molecule has 3 nitrogen and oxygen atoms in total. The molecule has 1 saturated heterocycles. The zero-order valence-corrected chi connectivity index (χ0v) is 9.65. The number of hydrogen-bond acceptors (Lipinski definition) is 4. The third-order valence-electron chi connectivity index (χ3n) is 2.10. The van der Waals surface area contributed by atoms with Gasteiger partial charge in [-0.1, -0.05) is 30.0 Å². The number of rotatable bonds is 1. The maximum atomic E-state index is 5.19. The van der Waals surface area contributed by atoms with Crippen LogP contribution in [0.1, 0.15) is 12.6 Å². The normalized spacial score (nSPS) is 27.0. The van der Waals surface area contributed by atoms with Gasteiger partial charge in [-0.15, -0.1) is 0 Å². The number of pyridine rings is 1. The number of hydrazine groups is 1. The molecule has 2 heterocycles. The third kappa shape index (κ3) is 1.63. The van der Waals surface area contributed by atoms with E-state index in [2.05, 4.69) is 17.3 Å². The first-order valence-corrected chi connectivity index (χ1v) is 5.50. The fourth-order valence-corrected chi connectivity index (χ4v) is 2.87. The van der Waals surface area contributed by atoms with E-state index in [-0.39, 0.29) is 4.87 Å². The van der Waals surface area contributed by atoms with Crippen molar-refractivity contribution in [2.24, 2.45) is 0 Å². The van der Waals surface area contributed by atoms with Crippen LogP contribution >= 0.6 is 24.0 Å². The molecule has 0 amide bonds. The average Bonchev–Trinajstić information content (AvgIpc) is 2.44. The monoisotopic (exact) mass is 225 g/mol. The van der Waals surface area contributed by atoms with E-state index in [0.29, 0.717) is 0 Å². The maximum Gasteiger partial charge on any atom is 0.152 e. The lowest BCUT2D eigenvalue weighted by Gasteiger charge is -2.22. The third-order valence-corrected chi connectivity index (χ3v) is 3.78. The molecule has 5 heteroatoms. The highest BCUT2D eigenvalue weighted by Gasteiger charge is 2.38. The Morgan fingerprint density at radius 1 is 1.57 bits per heavy atom. The minimum absolute atomic E-state index is 0.229. The van der Waals surface area contributed by atoms with Crippen LogP contribution in [-0.2, 0) is 4.87 Å². The Bertz CT molecular complexity index is 354. The van der Waals surface area contributed by atoms with Crippen LogP contribution in [0.5, 0.6) is 0 Å². The van der Waals surface area contributed by atoms with E-state index in [9.17, 15) is 0 Å². The highest BCUT2D eigenvalue weighted by molar-refractivity contribution is 8.23. The van der Waals surface area contributed by atoms with Crippen LogP contribution in [0.3, 0.4) is 0 Å². The molecule has 2 rings (SSSR count). The van der Waals surface area contributed by atoms with Crippen LogP contribution in [-0.4, -0.2) is 21.4 Å². The molecule has 0 spiro atoms. The molecular weight excluding hydrogens is 214 g/mol. The molecule has 0 aromatic carbocycles. The number of thioether (sulfide) groups is 1. The van der Waals surface area contributed by atoms with Crippen LogP contribution in [0.2, 0.25) is 0 Å². The molecule has 1 aliphatic rings. The Kier molecular flexibility index (Phi) is 2.47. The number of nitrogens with zero attached hydrogens (tertiary/aromatic N) is 2. The van der Waals surface area contributed by atoms with Crippen molar-refractivity contribution >= 4 is 28.3 Å². The zero-order valence-electron chi connectivity index (χ0n) is 8.02. The van der Waals surface area contributed by atoms with Crippen LogP contribution in [0.25, 0.3) is 0 Å². The van der Waals surface area contributed by atoms with Crippen molar-refractivity contribution in [1.82, 2.24) is 15.4 Å². The summed E-state index contributed by atoms with van der Waals surface area (Å²) in [5.41, 5.74) is 4.29. The van der Waals surface area contributed by atoms with Gasteiger partial charge in [0.2, 0.25) is 0 Å². The highest BCUT2D eigenvalue weighted by atomic mass is 32.2. The predicted octanol–water partition coefficient (Wildman–Crippen LogP) is 1.72. The molecule has 14 heavy (non-hydrogen) atoms. The summed E-state index contributed by atoms with van der Waals surface area (Å²) in [6.45, 7) is 2.08. The SMILES string of the molecule is CN1N[C@@](C)(c2ccccn2)SC1=S. The van der Waals surface area contributed by atoms with Gasteiger partial charge in [0.1, 0.15) is 4.87 Å². The predicted molar refractivity (Wildman–Crippen MR) is 62.7 cm³/mol. The van der Waals surface area contributed by atoms with Gasteiger partial charge in [0.05, 0.1) is 5.69 Å². The molecule has 1 fully saturated rings. The van der Waals surface area contributed by atoms with E-state index < -0.39 is 0 Å². The van der Waals surface area contributed by atoms with Gasteiger partial charge < -0.3 is 0 Å². The Morgan fingerprint density at radius 2 is 2.36 bits per heavy atom. The Balaban J connectivity index is 2.31. The van der Waals surface area contributed by atoms with Crippen molar-refractivity contribution < 1.29 is 0 Å². The van der Waals surface area contributed by atoms with Crippen molar-refractivity contribution in [3.63, 3.8) is 0 Å². The summed E-state index contributed by atoms with van der Waals surface area (Å²) in [5.74, 6) is 0. The molecule has 74 valence electrons. The molecule has 0 unspecified atom stereocenters. The minimum Gasteiger partial charge on any atom is -0.294 e. The fraction of sp³-hybridized carbons (Fsp3) is 0.333. The van der Waals surface area contributed by atoms with Crippen molar-refractivity contribution in [1.29, 1.82) is 0 Å². The highest BCUT2D eigenvalue weighted by Crippen LogP contribution is 2.38. The average molecular weight is 225 g/mol. The van der Waals surface area contributed by atoms with E-state index in [1.54, 1.807) is 18.0 Å². The van der Waals surface area contributed by atoms with E-state index in [1.165, 1.54) is 0 Å². The summed E-state index contributed by atoms with van der Waals surface area (Å²) in [7, 11) is 1.92. The van der Waals surface area contributed by atoms with Crippen molar-refractivity contribution in [3.05, 3.63) is 30.1 Å². The van der Waals surface area contributed by atoms with Gasteiger partial charge in [-0.3, -0.25) is 9.99 Å². The molecule has 0 aliphatic carbocycles. The quantitative estimate of drug-likeness (QED) is 0.735. The van der Waals surface area contributed by atoms with E-state index in [1.807, 2.05) is 30.3 Å². The van der Waals surface area contributed by atoms with Gasteiger partial charge in [0, 0.05) is 13.2 Å². The first-order valence-electron chi connectivity index (χ1n) is 4.28. The van der Waals surface area contributed by atoms with Crippen molar-refractivity contribution in [2.45, 2.75) is 11.8 Å². The van der Waals surface area contributed by atoms with Gasteiger partial charge in [-0.2, -0.15) is 0 Å². The minimum atomic E-state index is -0.229. The van der Waals surface area contributed by atoms with Crippen LogP contribution in [0.4, 0.5) is 0 Å². The van der Waals surface area contributed by atoms with Gasteiger partial charge in [-0.05, 0) is 19.1 Å². The van der Waals surface area contributed by atoms with Gasteiger partial charge in [0.25, 0.3) is 0 Å². The first kappa shape index (κ1) is 9.89. The molecule has 1 N–H and O–H groups in total. The number of hydrogen-bond donors (Lipinski definition) is 1. The van der Waals surface area contributed by atoms with Gasteiger partial charge >= 0.3 is 0 Å². The van der Waals surface area contributed by atoms with Crippen LogP contribution in [0.15, 0.2) is 24.4 Å². The second-order valence-electron chi connectivity index (χ2n) is 3.29. The molecule has 0 saturated carbocycles. The Hall–Kier alpha value is -0.650. The lowest BCUT2D eigenvalue weighted by molar-refractivity contribution is 0.316. The summed E-state index contributed by atoms with van der Waals surface area (Å²) >= 11 is 6.80. The summed E-state index contributed by atoms with van der Waals surface area (Å²) in [6.07, 6.45) is 1.80. The second-order valence-corrected chi connectivity index (χ2v) is 5.34. The Morgan fingerprint density at radius 3 is 2.86 bits per heavy atom. The topological polar surface area (TPSA) is 28.2 Å². The van der Waals surface area contributed by atoms with Crippen LogP contribution in [0, 0.1) is 0 Å². The van der Waals surface area contributed by atoms with E-state index >= 15 is 0 Å². The van der Waals surface area contributed by atoms with Gasteiger partial charge in [-0.25, -0.2) is 5.43 Å². The summed E-state index contributed by atoms with van der Waals surface area (Å²) in [5, 5.41) is 1.86. The fourth-order valence-electron chi connectivity index (χ4n) is 1.39. The molecule has 0 radical (unpaired) electrons. The zero-order chi connectivity index (χ0) is 10.2. The molecular formula is C9H11N3S2. The largest absolute Gasteiger partial charge is 0.294 e. The number of thiocarbonyl (C=S) groups is 1. The smallest absolute Gasteiger partial charge is 0.152 e. The molecule has 1 aliphatic heterocycles. The van der Waals surface area contributed by atoms with E-state index in [0.717, 1.165) is 10.0 Å². The summed E-state index contributed by atoms with van der Waals surface area (Å²) < 4.78 is 0.846. The summed E-state index contributed by atoms with van der Waals surface area (Å²) in [6, 6.07) is 5.90. The molecule has 1 aromatic rings. The first-order chi connectivity index (χ1) is 6.62. The van der Waals surface area contributed by atoms with Crippen molar-refractivity contribution in [2.75, 3.05) is 7.05 Å². The standard InChI is InChI=1S/C9H11N3S2/c1-9(7-5-3-4-6-10-7)11-12(2)8(13)14-9/h3-6,11H,1-2H3/t9-/m1/s1. The lowest BCUT2D eigenvalue weighted by atomic mass is 10.2. The lowest BCUT2D eigenvalue weighted by Crippen LogP contribution is -2.39. The van der Waals surface area contributed by atoms with Crippen molar-refractivity contribution in [3.8, 4) is 0 Å². The van der Waals surface area contributed by atoms with E-state index in [4.69, 9.17) is 12.2 Å². The number of nitrogens with one attached hydrogen (secondary N) is 1. The number of aromatic nitrogens is 1. The summed E-state index contributed by atoms with van der Waals surface area (Å²) in [4.78, 5) is 4.10. The molecule has 1 aromatic heterocycles. The molecule has 0 bridgehead atoms. The Labute approximate surface area is 92.9 Å². The maximum absolute atomic E-state index is 5.19. The van der Waals surface area contributed by atoms with Crippen LogP contribution < -0.4 is 5.43 Å². The second kappa shape index (κ2) is 3.49. The van der Waals surface area contributed by atoms with Gasteiger partial charge in [0.15, 0.2) is 4.32 Å². The molecule has 1 atom stereocenters.